The van der Waals surface area contributed by atoms with Crippen LogP contribution >= 0.6 is 23.2 Å². The van der Waals surface area contributed by atoms with E-state index in [0.29, 0.717) is 5.95 Å². The van der Waals surface area contributed by atoms with Gasteiger partial charge in [0.1, 0.15) is 0 Å². The van der Waals surface area contributed by atoms with E-state index in [0.717, 1.165) is 0 Å². The van der Waals surface area contributed by atoms with Gasteiger partial charge in [0.2, 0.25) is 16.5 Å². The smallest absolute Gasteiger partial charge is 0.239 e. The molecule has 0 unspecified atom stereocenters. The Balaban J connectivity index is 2.53. The zero-order valence-electron chi connectivity index (χ0n) is 6.35. The van der Waals surface area contributed by atoms with Crippen LogP contribution in [-0.2, 0) is 0 Å². The summed E-state index contributed by atoms with van der Waals surface area (Å²) in [5, 5.41) is 0.174. The highest BCUT2D eigenvalue weighted by molar-refractivity contribution is 6.31. The van der Waals surface area contributed by atoms with Crippen molar-refractivity contribution < 1.29 is 0 Å². The van der Waals surface area contributed by atoms with E-state index < -0.39 is 0 Å². The molecule has 0 aliphatic carbocycles. The van der Waals surface area contributed by atoms with E-state index in [2.05, 4.69) is 15.0 Å². The topological polar surface area (TPSA) is 43.6 Å². The van der Waals surface area contributed by atoms with E-state index in [4.69, 9.17) is 23.2 Å². The van der Waals surface area contributed by atoms with E-state index in [-0.39, 0.29) is 10.6 Å². The van der Waals surface area contributed by atoms with Crippen LogP contribution in [0.3, 0.4) is 0 Å². The molecule has 2 aromatic heterocycles. The number of hydrogen-bond acceptors (Lipinski definition) is 3. The highest BCUT2D eigenvalue weighted by atomic mass is 35.5. The molecule has 13 heavy (non-hydrogen) atoms. The lowest BCUT2D eigenvalue weighted by atomic mass is 10.7. The third kappa shape index (κ3) is 1.79. The molecule has 0 spiro atoms. The normalized spacial score (nSPS) is 10.3. The summed E-state index contributed by atoms with van der Waals surface area (Å²) in [6.07, 6.45) is 3.59. The zero-order chi connectivity index (χ0) is 9.26. The van der Waals surface area contributed by atoms with Crippen LogP contribution in [0.4, 0.5) is 0 Å². The molecule has 0 bridgehead atoms. The predicted molar refractivity (Wildman–Crippen MR) is 49.2 cm³/mol. The van der Waals surface area contributed by atoms with Crippen LogP contribution in [0.15, 0.2) is 24.5 Å². The number of rotatable bonds is 1. The molecule has 4 nitrogen and oxygen atoms in total. The summed E-state index contributed by atoms with van der Waals surface area (Å²) in [7, 11) is 0. The van der Waals surface area contributed by atoms with Crippen molar-refractivity contribution in [3.8, 4) is 5.95 Å². The molecular weight excluding hydrogens is 211 g/mol. The van der Waals surface area contributed by atoms with Crippen LogP contribution in [0, 0.1) is 0 Å². The highest BCUT2D eigenvalue weighted by Gasteiger charge is 2.03. The van der Waals surface area contributed by atoms with Crippen LogP contribution < -0.4 is 0 Å². The Kier molecular flexibility index (Phi) is 2.16. The lowest BCUT2D eigenvalue weighted by Crippen LogP contribution is -2.00. The first kappa shape index (κ1) is 8.47. The van der Waals surface area contributed by atoms with Crippen molar-refractivity contribution in [1.82, 2.24) is 19.5 Å². The van der Waals surface area contributed by atoms with Gasteiger partial charge in [-0.2, -0.15) is 15.0 Å². The van der Waals surface area contributed by atoms with E-state index >= 15 is 0 Å². The third-order valence-electron chi connectivity index (χ3n) is 1.40. The summed E-state index contributed by atoms with van der Waals surface area (Å²) in [6, 6.07) is 3.71. The summed E-state index contributed by atoms with van der Waals surface area (Å²) in [5.74, 6) is 0.412. The fourth-order valence-corrected chi connectivity index (χ4v) is 1.25. The fourth-order valence-electron chi connectivity index (χ4n) is 0.899. The Bertz CT molecular complexity index is 392. The van der Waals surface area contributed by atoms with E-state index in [1.54, 1.807) is 17.0 Å². The number of hydrogen-bond donors (Lipinski definition) is 0. The zero-order valence-corrected chi connectivity index (χ0v) is 7.87. The maximum Gasteiger partial charge on any atom is 0.239 e. The third-order valence-corrected chi connectivity index (χ3v) is 1.74. The monoisotopic (exact) mass is 214 g/mol. The first-order valence-electron chi connectivity index (χ1n) is 3.46. The molecule has 0 fully saturated rings. The summed E-state index contributed by atoms with van der Waals surface area (Å²) < 4.78 is 1.69. The van der Waals surface area contributed by atoms with Gasteiger partial charge in [-0.25, -0.2) is 0 Å². The van der Waals surface area contributed by atoms with Crippen molar-refractivity contribution >= 4 is 23.2 Å². The van der Waals surface area contributed by atoms with Gasteiger partial charge in [-0.15, -0.1) is 0 Å². The summed E-state index contributed by atoms with van der Waals surface area (Å²) >= 11 is 11.2. The molecule has 2 aromatic rings. The van der Waals surface area contributed by atoms with Crippen molar-refractivity contribution in [2.75, 3.05) is 0 Å². The molecule has 0 aromatic carbocycles. The quantitative estimate of drug-likeness (QED) is 0.730. The van der Waals surface area contributed by atoms with Gasteiger partial charge in [-0.3, -0.25) is 4.57 Å². The second-order valence-corrected chi connectivity index (χ2v) is 2.94. The van der Waals surface area contributed by atoms with Gasteiger partial charge in [-0.1, -0.05) is 0 Å². The maximum absolute atomic E-state index is 5.61. The van der Waals surface area contributed by atoms with Gasteiger partial charge in [0.25, 0.3) is 0 Å². The molecule has 66 valence electrons. The van der Waals surface area contributed by atoms with Gasteiger partial charge >= 0.3 is 0 Å². The van der Waals surface area contributed by atoms with Gasteiger partial charge in [0, 0.05) is 12.4 Å². The van der Waals surface area contributed by atoms with Crippen LogP contribution in [0.2, 0.25) is 10.6 Å². The average molecular weight is 215 g/mol. The molecule has 0 atom stereocenters. The Morgan fingerprint density at radius 1 is 0.923 bits per heavy atom. The van der Waals surface area contributed by atoms with Crippen LogP contribution in [0.25, 0.3) is 5.95 Å². The Hall–Kier alpha value is -1.13. The first-order valence-corrected chi connectivity index (χ1v) is 4.22. The minimum absolute atomic E-state index is 0.0868. The van der Waals surface area contributed by atoms with Crippen molar-refractivity contribution in [2.45, 2.75) is 0 Å². The Morgan fingerprint density at radius 2 is 1.46 bits per heavy atom. The van der Waals surface area contributed by atoms with Crippen LogP contribution in [-0.4, -0.2) is 19.5 Å². The molecule has 0 N–H and O–H groups in total. The largest absolute Gasteiger partial charge is 0.293 e. The van der Waals surface area contributed by atoms with Gasteiger partial charge in [-0.05, 0) is 35.3 Å². The second kappa shape index (κ2) is 3.32. The molecule has 0 radical (unpaired) electrons. The molecule has 2 rings (SSSR count). The lowest BCUT2D eigenvalue weighted by Gasteiger charge is -1.99. The first-order chi connectivity index (χ1) is 6.25. The van der Waals surface area contributed by atoms with Gasteiger partial charge in [0.15, 0.2) is 0 Å². The summed E-state index contributed by atoms with van der Waals surface area (Å²) in [5.41, 5.74) is 0. The van der Waals surface area contributed by atoms with Crippen molar-refractivity contribution in [2.24, 2.45) is 0 Å². The Labute approximate surface area is 84.2 Å². The standard InChI is InChI=1S/C7H4Cl2N4/c8-5-10-6(9)12-7(11-5)13-3-1-2-4-13/h1-4H. The highest BCUT2D eigenvalue weighted by Crippen LogP contribution is 2.09. The molecule has 0 aliphatic heterocycles. The number of nitrogens with zero attached hydrogens (tertiary/aromatic N) is 4. The van der Waals surface area contributed by atoms with E-state index in [1.807, 2.05) is 12.1 Å². The molecule has 0 saturated carbocycles. The molecule has 6 heteroatoms. The van der Waals surface area contributed by atoms with Crippen LogP contribution in [0.5, 0.6) is 0 Å². The van der Waals surface area contributed by atoms with Crippen molar-refractivity contribution in [1.29, 1.82) is 0 Å². The second-order valence-electron chi connectivity index (χ2n) is 2.26. The minimum atomic E-state index is 0.0868. The molecule has 0 saturated heterocycles. The lowest BCUT2D eigenvalue weighted by molar-refractivity contribution is 0.902. The number of halogens is 2. The van der Waals surface area contributed by atoms with Crippen molar-refractivity contribution in [3.05, 3.63) is 35.1 Å². The van der Waals surface area contributed by atoms with Crippen molar-refractivity contribution in [3.63, 3.8) is 0 Å². The molecule has 2 heterocycles. The summed E-state index contributed by atoms with van der Waals surface area (Å²) in [4.78, 5) is 11.4. The summed E-state index contributed by atoms with van der Waals surface area (Å²) in [6.45, 7) is 0. The maximum atomic E-state index is 5.61. The Morgan fingerprint density at radius 3 is 2.00 bits per heavy atom. The van der Waals surface area contributed by atoms with Gasteiger partial charge < -0.3 is 0 Å². The predicted octanol–water partition coefficient (Wildman–Crippen LogP) is 1.97. The SMILES string of the molecule is Clc1nc(Cl)nc(-n2cccc2)n1. The van der Waals surface area contributed by atoms with Gasteiger partial charge in [0.05, 0.1) is 0 Å². The molecule has 0 aliphatic rings. The minimum Gasteiger partial charge on any atom is -0.293 e. The molecule has 0 amide bonds. The van der Waals surface area contributed by atoms with E-state index in [1.165, 1.54) is 0 Å². The van der Waals surface area contributed by atoms with Crippen LogP contribution in [0.1, 0.15) is 0 Å². The molecular formula is C7H4Cl2N4. The average Bonchev–Trinajstić information content (AvgIpc) is 2.53. The number of aromatic nitrogens is 4. The van der Waals surface area contributed by atoms with E-state index in [9.17, 15) is 0 Å². The fraction of sp³-hybridized carbons (Fsp3) is 0.